The zero-order chi connectivity index (χ0) is 17.9. The van der Waals surface area contributed by atoms with Gasteiger partial charge in [-0.25, -0.2) is 5.43 Å². The lowest BCUT2D eigenvalue weighted by Gasteiger charge is -2.20. The van der Waals surface area contributed by atoms with Gasteiger partial charge in [0.2, 0.25) is 5.76 Å². The van der Waals surface area contributed by atoms with E-state index in [0.717, 1.165) is 6.07 Å². The van der Waals surface area contributed by atoms with Gasteiger partial charge in [-0.05, 0) is 17.7 Å². The van der Waals surface area contributed by atoms with Crippen molar-refractivity contribution in [3.05, 3.63) is 41.7 Å². The number of benzene rings is 1. The first-order chi connectivity index (χ1) is 11.4. The first-order valence-electron chi connectivity index (χ1n) is 7.31. The molecule has 0 spiro atoms. The Labute approximate surface area is 136 Å². The standard InChI is InChI=1S/C14H11F3N2O3.C2H6/c1-21-10-4-2-7(9-3-5-12(20)19-18-9)8-6-11(14(15,16)17)22-13(8)10;1-2/h2-6,9,18H,1H3,(H,19,20);1-2H3. The van der Waals surface area contributed by atoms with Crippen molar-refractivity contribution in [1.82, 2.24) is 10.9 Å². The van der Waals surface area contributed by atoms with E-state index in [1.54, 1.807) is 12.1 Å². The highest BCUT2D eigenvalue weighted by molar-refractivity contribution is 5.90. The molecule has 130 valence electrons. The van der Waals surface area contributed by atoms with E-state index in [0.29, 0.717) is 5.56 Å². The van der Waals surface area contributed by atoms with Crippen LogP contribution in [0.4, 0.5) is 13.2 Å². The van der Waals surface area contributed by atoms with Crippen LogP contribution in [0.2, 0.25) is 0 Å². The topological polar surface area (TPSA) is 63.5 Å². The van der Waals surface area contributed by atoms with Crippen LogP contribution in [0, 0.1) is 0 Å². The van der Waals surface area contributed by atoms with Crippen LogP contribution in [0.25, 0.3) is 11.0 Å². The van der Waals surface area contributed by atoms with Crippen LogP contribution in [0.3, 0.4) is 0 Å². The lowest BCUT2D eigenvalue weighted by molar-refractivity contribution is -0.152. The molecule has 2 aromatic rings. The number of furan rings is 1. The number of carbonyl (C=O) groups is 1. The largest absolute Gasteiger partial charge is 0.493 e. The Bertz CT molecular complexity index is 766. The van der Waals surface area contributed by atoms with Crippen molar-refractivity contribution in [2.75, 3.05) is 7.11 Å². The Morgan fingerprint density at radius 2 is 1.96 bits per heavy atom. The third kappa shape index (κ3) is 3.38. The van der Waals surface area contributed by atoms with Gasteiger partial charge in [0.15, 0.2) is 11.3 Å². The highest BCUT2D eigenvalue weighted by Crippen LogP contribution is 2.40. The minimum Gasteiger partial charge on any atom is -0.493 e. The summed E-state index contributed by atoms with van der Waals surface area (Å²) in [4.78, 5) is 11.1. The van der Waals surface area contributed by atoms with E-state index in [-0.39, 0.29) is 22.6 Å². The Hall–Kier alpha value is -2.48. The molecule has 0 bridgehead atoms. The molecule has 1 atom stereocenters. The van der Waals surface area contributed by atoms with Gasteiger partial charge in [-0.2, -0.15) is 13.2 Å². The maximum atomic E-state index is 12.9. The molecule has 1 aliphatic heterocycles. The molecule has 2 heterocycles. The average molecular weight is 342 g/mol. The average Bonchev–Trinajstić information content (AvgIpc) is 3.02. The zero-order valence-corrected chi connectivity index (χ0v) is 13.3. The van der Waals surface area contributed by atoms with Crippen molar-refractivity contribution in [3.63, 3.8) is 0 Å². The molecule has 0 saturated carbocycles. The summed E-state index contributed by atoms with van der Waals surface area (Å²) in [6, 6.07) is 3.60. The fourth-order valence-corrected chi connectivity index (χ4v) is 2.29. The molecule has 5 nitrogen and oxygen atoms in total. The maximum absolute atomic E-state index is 12.9. The van der Waals surface area contributed by atoms with Gasteiger partial charge < -0.3 is 9.15 Å². The van der Waals surface area contributed by atoms with E-state index >= 15 is 0 Å². The Morgan fingerprint density at radius 1 is 1.25 bits per heavy atom. The predicted molar refractivity (Wildman–Crippen MR) is 82.3 cm³/mol. The van der Waals surface area contributed by atoms with Crippen LogP contribution in [0.5, 0.6) is 5.75 Å². The number of halogens is 3. The second kappa shape index (κ2) is 6.96. The number of ether oxygens (including phenoxy) is 1. The lowest BCUT2D eigenvalue weighted by Crippen LogP contribution is -2.41. The smallest absolute Gasteiger partial charge is 0.449 e. The van der Waals surface area contributed by atoms with Crippen molar-refractivity contribution in [2.45, 2.75) is 26.1 Å². The summed E-state index contributed by atoms with van der Waals surface area (Å²) in [5.41, 5.74) is 5.66. The van der Waals surface area contributed by atoms with Crippen LogP contribution in [0.15, 0.2) is 34.8 Å². The van der Waals surface area contributed by atoms with Gasteiger partial charge in [0.25, 0.3) is 5.91 Å². The van der Waals surface area contributed by atoms with E-state index in [9.17, 15) is 18.0 Å². The molecule has 2 N–H and O–H groups in total. The molecule has 0 radical (unpaired) electrons. The normalized spacial score (nSPS) is 17.2. The second-order valence-electron chi connectivity index (χ2n) is 4.68. The van der Waals surface area contributed by atoms with Crippen molar-refractivity contribution in [2.24, 2.45) is 0 Å². The molecular weight excluding hydrogens is 325 g/mol. The van der Waals surface area contributed by atoms with Gasteiger partial charge in [0, 0.05) is 11.5 Å². The molecule has 24 heavy (non-hydrogen) atoms. The molecule has 0 fully saturated rings. The molecule has 1 unspecified atom stereocenters. The zero-order valence-electron chi connectivity index (χ0n) is 13.3. The number of carbonyl (C=O) groups excluding carboxylic acids is 1. The number of nitrogens with one attached hydrogen (secondary N) is 2. The number of fused-ring (bicyclic) bond motifs is 1. The lowest BCUT2D eigenvalue weighted by atomic mass is 10.0. The van der Waals surface area contributed by atoms with Crippen LogP contribution in [-0.2, 0) is 11.0 Å². The molecule has 1 aliphatic rings. The Morgan fingerprint density at radius 3 is 2.50 bits per heavy atom. The summed E-state index contributed by atoms with van der Waals surface area (Å²) < 4.78 is 48.6. The van der Waals surface area contributed by atoms with Gasteiger partial charge in [-0.15, -0.1) is 0 Å². The highest BCUT2D eigenvalue weighted by atomic mass is 19.4. The van der Waals surface area contributed by atoms with Gasteiger partial charge in [0.05, 0.1) is 13.2 Å². The number of hydrazine groups is 1. The van der Waals surface area contributed by atoms with Crippen LogP contribution >= 0.6 is 0 Å². The molecule has 8 heteroatoms. The monoisotopic (exact) mass is 342 g/mol. The van der Waals surface area contributed by atoms with E-state index in [4.69, 9.17) is 9.15 Å². The first-order valence-corrected chi connectivity index (χ1v) is 7.31. The minimum absolute atomic E-state index is 0.0134. The van der Waals surface area contributed by atoms with Crippen molar-refractivity contribution >= 4 is 16.9 Å². The predicted octanol–water partition coefficient (Wildman–Crippen LogP) is 3.72. The number of rotatable bonds is 2. The van der Waals surface area contributed by atoms with E-state index < -0.39 is 18.0 Å². The van der Waals surface area contributed by atoms with Crippen molar-refractivity contribution < 1.29 is 27.1 Å². The van der Waals surface area contributed by atoms with Crippen LogP contribution < -0.4 is 15.6 Å². The number of alkyl halides is 3. The Balaban J connectivity index is 0.00000100. The summed E-state index contributed by atoms with van der Waals surface area (Å²) in [6.45, 7) is 4.00. The van der Waals surface area contributed by atoms with Crippen LogP contribution in [-0.4, -0.2) is 13.0 Å². The van der Waals surface area contributed by atoms with Gasteiger partial charge in [0.1, 0.15) is 0 Å². The molecule has 3 rings (SSSR count). The van der Waals surface area contributed by atoms with E-state index in [1.165, 1.54) is 19.3 Å². The third-order valence-corrected chi connectivity index (χ3v) is 3.31. The summed E-state index contributed by atoms with van der Waals surface area (Å²) in [6.07, 6.45) is -1.73. The second-order valence-corrected chi connectivity index (χ2v) is 4.68. The quantitative estimate of drug-likeness (QED) is 0.873. The Kier molecular flexibility index (Phi) is 5.18. The fourth-order valence-electron chi connectivity index (χ4n) is 2.29. The van der Waals surface area contributed by atoms with Crippen molar-refractivity contribution in [3.8, 4) is 5.75 Å². The number of amides is 1. The van der Waals surface area contributed by atoms with Crippen LogP contribution in [0.1, 0.15) is 31.2 Å². The fraction of sp³-hybridized carbons (Fsp3) is 0.312. The number of methoxy groups -OCH3 is 1. The van der Waals surface area contributed by atoms with Gasteiger partial charge in [-0.3, -0.25) is 10.2 Å². The molecule has 1 aromatic heterocycles. The maximum Gasteiger partial charge on any atom is 0.449 e. The molecule has 1 amide bonds. The van der Waals surface area contributed by atoms with Gasteiger partial charge in [-0.1, -0.05) is 26.0 Å². The highest BCUT2D eigenvalue weighted by Gasteiger charge is 2.36. The molecule has 0 saturated heterocycles. The summed E-state index contributed by atoms with van der Waals surface area (Å²) in [5, 5.41) is 0.268. The first kappa shape index (κ1) is 17.9. The minimum atomic E-state index is -4.59. The third-order valence-electron chi connectivity index (χ3n) is 3.31. The van der Waals surface area contributed by atoms with Gasteiger partial charge >= 0.3 is 6.18 Å². The van der Waals surface area contributed by atoms with E-state index in [2.05, 4.69) is 10.9 Å². The SMILES string of the molecule is CC.COc1ccc(C2C=CC(=O)NN2)c2cc(C(F)(F)F)oc12. The summed E-state index contributed by atoms with van der Waals surface area (Å²) in [7, 11) is 1.35. The molecule has 0 aliphatic carbocycles. The molecule has 1 aromatic carbocycles. The number of hydrogen-bond donors (Lipinski definition) is 2. The summed E-state index contributed by atoms with van der Waals surface area (Å²) in [5.74, 6) is -1.22. The summed E-state index contributed by atoms with van der Waals surface area (Å²) >= 11 is 0. The van der Waals surface area contributed by atoms with Crippen molar-refractivity contribution in [1.29, 1.82) is 0 Å². The number of hydrogen-bond acceptors (Lipinski definition) is 4. The van der Waals surface area contributed by atoms with E-state index in [1.807, 2.05) is 13.8 Å². The molecular formula is C16H17F3N2O3.